The van der Waals surface area contributed by atoms with Gasteiger partial charge in [-0.25, -0.2) is 0 Å². The van der Waals surface area contributed by atoms with Gasteiger partial charge in [0.1, 0.15) is 12.2 Å². The SMILES string of the molecule is C=C1C[C@H](C)CCOC(=O)CC(C)C(C)C(=O)O[C@H]([C@@H](O)/C=C/[C@@H]2CC(C)=CCO2)C/C=C/[C@@H](O)C1. The molecule has 0 radical (unpaired) electrons. The summed E-state index contributed by atoms with van der Waals surface area (Å²) >= 11 is 0. The van der Waals surface area contributed by atoms with Crippen LogP contribution in [0.25, 0.3) is 0 Å². The van der Waals surface area contributed by atoms with E-state index in [0.29, 0.717) is 26.1 Å². The van der Waals surface area contributed by atoms with Crippen LogP contribution in [-0.4, -0.2) is 59.8 Å². The zero-order valence-corrected chi connectivity index (χ0v) is 22.2. The average molecular weight is 505 g/mol. The van der Waals surface area contributed by atoms with Crippen molar-refractivity contribution in [2.75, 3.05) is 13.2 Å². The minimum Gasteiger partial charge on any atom is -0.466 e. The number of aliphatic hydroxyl groups excluding tert-OH is 2. The van der Waals surface area contributed by atoms with E-state index in [1.807, 2.05) is 19.9 Å². The highest BCUT2D eigenvalue weighted by molar-refractivity contribution is 5.75. The molecule has 2 aliphatic heterocycles. The number of aliphatic hydroxyl groups is 2. The predicted molar refractivity (Wildman–Crippen MR) is 139 cm³/mol. The normalized spacial score (nSPS) is 34.2. The van der Waals surface area contributed by atoms with Gasteiger partial charge in [-0.3, -0.25) is 9.59 Å². The Hall–Kier alpha value is -2.22. The minimum atomic E-state index is -1.06. The molecule has 7 nitrogen and oxygen atoms in total. The third-order valence-corrected chi connectivity index (χ3v) is 6.89. The quantitative estimate of drug-likeness (QED) is 0.433. The van der Waals surface area contributed by atoms with Gasteiger partial charge in [0, 0.05) is 12.8 Å². The summed E-state index contributed by atoms with van der Waals surface area (Å²) in [4.78, 5) is 25.2. The molecule has 2 rings (SSSR count). The molecule has 0 aromatic heterocycles. The van der Waals surface area contributed by atoms with Crippen LogP contribution in [0.4, 0.5) is 0 Å². The summed E-state index contributed by atoms with van der Waals surface area (Å²) in [6, 6.07) is 0. The van der Waals surface area contributed by atoms with Crippen LogP contribution < -0.4 is 0 Å². The van der Waals surface area contributed by atoms with Crippen LogP contribution in [0.3, 0.4) is 0 Å². The second-order valence-electron chi connectivity index (χ2n) is 10.5. The van der Waals surface area contributed by atoms with E-state index >= 15 is 0 Å². The summed E-state index contributed by atoms with van der Waals surface area (Å²) in [6.07, 6.45) is 8.97. The number of hydrogen-bond donors (Lipinski definition) is 2. The summed E-state index contributed by atoms with van der Waals surface area (Å²) in [5, 5.41) is 21.3. The molecular weight excluding hydrogens is 460 g/mol. The van der Waals surface area contributed by atoms with Crippen LogP contribution in [0.15, 0.2) is 48.1 Å². The second-order valence-corrected chi connectivity index (χ2v) is 10.5. The Morgan fingerprint density at radius 1 is 1.14 bits per heavy atom. The third kappa shape index (κ3) is 10.8. The molecule has 7 heteroatoms. The fourth-order valence-corrected chi connectivity index (χ4v) is 4.29. The molecule has 2 heterocycles. The van der Waals surface area contributed by atoms with E-state index in [1.165, 1.54) is 5.57 Å². The number of esters is 2. The molecule has 0 aromatic carbocycles. The topological polar surface area (TPSA) is 102 Å². The molecule has 202 valence electrons. The van der Waals surface area contributed by atoms with E-state index in [-0.39, 0.29) is 36.8 Å². The van der Waals surface area contributed by atoms with Gasteiger partial charge in [0.25, 0.3) is 0 Å². The third-order valence-electron chi connectivity index (χ3n) is 6.89. The average Bonchev–Trinajstić information content (AvgIpc) is 2.80. The zero-order valence-electron chi connectivity index (χ0n) is 22.2. The second kappa shape index (κ2) is 15.1. The molecule has 2 aliphatic rings. The smallest absolute Gasteiger partial charge is 0.309 e. The standard InChI is InChI=1S/C29H44O7/c1-19-12-14-35-28(32)18-22(4)23(5)29(33)36-27(8-6-7-24(30)16-21(3)15-19)26(31)10-9-25-17-20(2)11-13-34-25/h6-7,9-11,19,22-27,30-31H,3,8,12-18H2,1-2,4-5H3/b7-6+,10-9+/t19-,22?,23?,24-,25-,26+,27+/m1/s1. The first kappa shape index (κ1) is 30.0. The first-order valence-electron chi connectivity index (χ1n) is 13.1. The first-order chi connectivity index (χ1) is 17.0. The maximum absolute atomic E-state index is 12.9. The van der Waals surface area contributed by atoms with E-state index in [2.05, 4.69) is 13.5 Å². The van der Waals surface area contributed by atoms with Crippen molar-refractivity contribution in [2.24, 2.45) is 17.8 Å². The fraction of sp³-hybridized carbons (Fsp3) is 0.655. The van der Waals surface area contributed by atoms with Gasteiger partial charge in [-0.2, -0.15) is 0 Å². The van der Waals surface area contributed by atoms with Crippen LogP contribution in [0.1, 0.15) is 66.2 Å². The molecule has 0 bridgehead atoms. The monoisotopic (exact) mass is 504 g/mol. The number of hydrogen-bond acceptors (Lipinski definition) is 7. The highest BCUT2D eigenvalue weighted by Gasteiger charge is 2.29. The van der Waals surface area contributed by atoms with Gasteiger partial charge in [0.15, 0.2) is 0 Å². The Labute approximate surface area is 215 Å². The summed E-state index contributed by atoms with van der Waals surface area (Å²) < 4.78 is 16.8. The molecule has 2 unspecified atom stereocenters. The number of cyclic esters (lactones) is 2. The van der Waals surface area contributed by atoms with E-state index in [0.717, 1.165) is 18.4 Å². The largest absolute Gasteiger partial charge is 0.466 e. The van der Waals surface area contributed by atoms with E-state index in [1.54, 1.807) is 31.2 Å². The van der Waals surface area contributed by atoms with Gasteiger partial charge in [0.2, 0.25) is 0 Å². The van der Waals surface area contributed by atoms with Crippen LogP contribution in [0.2, 0.25) is 0 Å². The van der Waals surface area contributed by atoms with Crippen molar-refractivity contribution in [1.82, 2.24) is 0 Å². The molecule has 0 aliphatic carbocycles. The maximum Gasteiger partial charge on any atom is 0.309 e. The molecule has 0 saturated carbocycles. The van der Waals surface area contributed by atoms with E-state index in [9.17, 15) is 19.8 Å². The number of ether oxygens (including phenoxy) is 3. The van der Waals surface area contributed by atoms with Gasteiger partial charge in [-0.1, -0.05) is 68.9 Å². The summed E-state index contributed by atoms with van der Waals surface area (Å²) in [6.45, 7) is 12.5. The van der Waals surface area contributed by atoms with Crippen molar-refractivity contribution >= 4 is 11.9 Å². The molecule has 0 spiro atoms. The minimum absolute atomic E-state index is 0.114. The molecule has 7 atom stereocenters. The summed E-state index contributed by atoms with van der Waals surface area (Å²) in [7, 11) is 0. The lowest BCUT2D eigenvalue weighted by molar-refractivity contribution is -0.160. The molecule has 0 fully saturated rings. The molecule has 0 amide bonds. The fourth-order valence-electron chi connectivity index (χ4n) is 4.29. The first-order valence-corrected chi connectivity index (χ1v) is 13.1. The Balaban J connectivity index is 2.15. The Morgan fingerprint density at radius 2 is 1.89 bits per heavy atom. The lowest BCUT2D eigenvalue weighted by Crippen LogP contribution is -2.34. The van der Waals surface area contributed by atoms with Gasteiger partial charge in [-0.05, 0) is 44.4 Å². The van der Waals surface area contributed by atoms with Crippen LogP contribution >= 0.6 is 0 Å². The van der Waals surface area contributed by atoms with Crippen molar-refractivity contribution in [3.63, 3.8) is 0 Å². The molecular formula is C29H44O7. The van der Waals surface area contributed by atoms with E-state index < -0.39 is 30.2 Å². The van der Waals surface area contributed by atoms with E-state index in [4.69, 9.17) is 14.2 Å². The van der Waals surface area contributed by atoms with Gasteiger partial charge in [-0.15, -0.1) is 0 Å². The Morgan fingerprint density at radius 3 is 2.61 bits per heavy atom. The van der Waals surface area contributed by atoms with Gasteiger partial charge < -0.3 is 24.4 Å². The number of carbonyl (C=O) groups excluding carboxylic acids is 2. The van der Waals surface area contributed by atoms with Crippen LogP contribution in [0, 0.1) is 17.8 Å². The predicted octanol–water partition coefficient (Wildman–Crippen LogP) is 4.44. The van der Waals surface area contributed by atoms with Crippen molar-refractivity contribution in [1.29, 1.82) is 0 Å². The van der Waals surface area contributed by atoms with Crippen molar-refractivity contribution in [3.8, 4) is 0 Å². The van der Waals surface area contributed by atoms with Crippen molar-refractivity contribution in [3.05, 3.63) is 48.1 Å². The molecule has 2 N–H and O–H groups in total. The van der Waals surface area contributed by atoms with Crippen molar-refractivity contribution < 1.29 is 34.0 Å². The summed E-state index contributed by atoms with van der Waals surface area (Å²) in [5.41, 5.74) is 2.14. The van der Waals surface area contributed by atoms with Gasteiger partial charge in [0.05, 0.1) is 31.3 Å². The summed E-state index contributed by atoms with van der Waals surface area (Å²) in [5.74, 6) is -1.40. The maximum atomic E-state index is 12.9. The van der Waals surface area contributed by atoms with Crippen molar-refractivity contribution in [2.45, 2.75) is 90.6 Å². The highest BCUT2D eigenvalue weighted by Crippen LogP contribution is 2.23. The lowest BCUT2D eigenvalue weighted by Gasteiger charge is -2.25. The zero-order chi connectivity index (χ0) is 26.7. The van der Waals surface area contributed by atoms with Crippen LogP contribution in [0.5, 0.6) is 0 Å². The number of carbonyl (C=O) groups is 2. The Kier molecular flexibility index (Phi) is 12.6. The van der Waals surface area contributed by atoms with Crippen LogP contribution in [-0.2, 0) is 23.8 Å². The highest BCUT2D eigenvalue weighted by atomic mass is 16.6. The molecule has 0 aromatic rings. The van der Waals surface area contributed by atoms with Gasteiger partial charge >= 0.3 is 11.9 Å². The number of rotatable bonds is 3. The lowest BCUT2D eigenvalue weighted by atomic mass is 9.92. The molecule has 36 heavy (non-hydrogen) atoms. The molecule has 0 saturated heterocycles. The Bertz CT molecular complexity index is 827.